The molecule has 0 N–H and O–H groups in total. The van der Waals surface area contributed by atoms with Gasteiger partial charge in [0.05, 0.1) is 0 Å². The van der Waals surface area contributed by atoms with Crippen LogP contribution in [0.3, 0.4) is 0 Å². The molecule has 2 aromatic heterocycles. The van der Waals surface area contributed by atoms with Crippen LogP contribution in [0.2, 0.25) is 0 Å². The first-order valence-electron chi connectivity index (χ1n) is 13.1. The second-order valence-electron chi connectivity index (χ2n) is 10.0. The van der Waals surface area contributed by atoms with Gasteiger partial charge < -0.3 is 33.9 Å². The molecule has 0 bridgehead atoms. The molecule has 6 aromatic carbocycles. The number of fused-ring (bicyclic) bond motifs is 6. The number of aryl methyl sites for hydroxylation is 2. The van der Waals surface area contributed by atoms with Gasteiger partial charge >= 0.3 is 26.2 Å². The van der Waals surface area contributed by atoms with E-state index in [1.54, 1.807) is 0 Å². The van der Waals surface area contributed by atoms with Crippen LogP contribution < -0.4 is 24.8 Å². The van der Waals surface area contributed by atoms with Gasteiger partial charge in [0.1, 0.15) is 0 Å². The Morgan fingerprint density at radius 3 is 1.17 bits per heavy atom. The summed E-state index contributed by atoms with van der Waals surface area (Å²) in [6.07, 6.45) is 0. The van der Waals surface area contributed by atoms with Gasteiger partial charge in [-0.15, -0.1) is 46.2 Å². The molecule has 8 aromatic rings. The minimum atomic E-state index is 0. The van der Waals surface area contributed by atoms with Crippen LogP contribution in [0, 0.1) is 13.8 Å². The minimum Gasteiger partial charge on any atom is -1.00 e. The van der Waals surface area contributed by atoms with Gasteiger partial charge in [-0.1, -0.05) is 108 Å². The Hall–Kier alpha value is -3.36. The monoisotopic (exact) mass is 648 g/mol. The zero-order chi connectivity index (χ0) is 25.6. The number of halogens is 2. The van der Waals surface area contributed by atoms with Crippen LogP contribution in [0.15, 0.2) is 133 Å². The van der Waals surface area contributed by atoms with E-state index in [1.807, 2.05) is 0 Å². The molecule has 0 saturated heterocycles. The zero-order valence-electron chi connectivity index (χ0n) is 22.9. The van der Waals surface area contributed by atoms with Crippen LogP contribution >= 0.6 is 0 Å². The normalized spacial score (nSPS) is 10.6. The number of benzene rings is 4. The van der Waals surface area contributed by atoms with Gasteiger partial charge in [0.2, 0.25) is 0 Å². The Kier molecular flexibility index (Phi) is 9.45. The van der Waals surface area contributed by atoms with Crippen LogP contribution in [0.5, 0.6) is 0 Å². The summed E-state index contributed by atoms with van der Waals surface area (Å²) in [7, 11) is 0. The van der Waals surface area contributed by atoms with Crippen molar-refractivity contribution in [1.29, 1.82) is 0 Å². The van der Waals surface area contributed by atoms with E-state index in [2.05, 4.69) is 156 Å². The first kappa shape index (κ1) is 30.6. The van der Waals surface area contributed by atoms with Crippen molar-refractivity contribution in [3.8, 4) is 11.4 Å². The van der Waals surface area contributed by atoms with E-state index in [9.17, 15) is 0 Å². The minimum absolute atomic E-state index is 0. The van der Waals surface area contributed by atoms with Crippen molar-refractivity contribution >= 4 is 43.6 Å². The second-order valence-corrected chi connectivity index (χ2v) is 10.0. The predicted octanol–water partition coefficient (Wildman–Crippen LogP) is 3.63. The molecule has 0 aliphatic carbocycles. The van der Waals surface area contributed by atoms with Gasteiger partial charge in [-0.2, -0.15) is 0 Å². The number of hydrogen-bond donors (Lipinski definition) is 0. The molecule has 0 amide bonds. The summed E-state index contributed by atoms with van der Waals surface area (Å²) >= 11 is 0. The Bertz CT molecular complexity index is 1890. The van der Waals surface area contributed by atoms with E-state index in [0.717, 1.165) is 0 Å². The van der Waals surface area contributed by atoms with Crippen LogP contribution in [-0.2, 0) is 26.2 Å². The third kappa shape index (κ3) is 5.35. The largest absolute Gasteiger partial charge is 4.00 e. The molecular weight excluding hydrogens is 623 g/mol. The molecule has 0 aliphatic heterocycles. The molecule has 41 heavy (non-hydrogen) atoms. The number of nitrogens with zero attached hydrogens (tertiary/aromatic N) is 2. The van der Waals surface area contributed by atoms with Crippen molar-refractivity contribution in [3.05, 3.63) is 145 Å². The van der Waals surface area contributed by atoms with Crippen molar-refractivity contribution in [2.24, 2.45) is 0 Å². The fraction of sp³-hybridized carbons (Fsp3) is 0.0556. The number of hydrogen-bond acceptors (Lipinski definition) is 0. The number of aromatic nitrogens is 2. The number of para-hydroxylation sites is 4. The van der Waals surface area contributed by atoms with E-state index in [-0.39, 0.29) is 51.0 Å². The van der Waals surface area contributed by atoms with Crippen molar-refractivity contribution in [2.45, 2.75) is 13.8 Å². The van der Waals surface area contributed by atoms with E-state index < -0.39 is 0 Å². The van der Waals surface area contributed by atoms with E-state index >= 15 is 0 Å². The second kappa shape index (κ2) is 12.7. The van der Waals surface area contributed by atoms with E-state index in [1.165, 1.54) is 66.1 Å². The van der Waals surface area contributed by atoms with Crippen LogP contribution in [0.25, 0.3) is 55.0 Å². The molecule has 5 heteroatoms. The molecular formula is C36H28Cl2N2Zr. The summed E-state index contributed by atoms with van der Waals surface area (Å²) in [5.41, 5.74) is 10.2. The van der Waals surface area contributed by atoms with Crippen LogP contribution in [0.4, 0.5) is 0 Å². The fourth-order valence-corrected chi connectivity index (χ4v) is 5.84. The smallest absolute Gasteiger partial charge is 1.00 e. The summed E-state index contributed by atoms with van der Waals surface area (Å²) in [6, 6.07) is 47.4. The third-order valence-corrected chi connectivity index (χ3v) is 7.41. The maximum Gasteiger partial charge on any atom is 4.00 e. The Balaban J connectivity index is 0.000000176. The van der Waals surface area contributed by atoms with Crippen molar-refractivity contribution < 1.29 is 51.0 Å². The zero-order valence-corrected chi connectivity index (χ0v) is 26.8. The first-order valence-corrected chi connectivity index (χ1v) is 13.1. The van der Waals surface area contributed by atoms with Crippen molar-refractivity contribution in [1.82, 2.24) is 9.13 Å². The molecule has 0 spiro atoms. The molecule has 0 saturated carbocycles. The molecule has 0 unspecified atom stereocenters. The predicted molar refractivity (Wildman–Crippen MR) is 162 cm³/mol. The van der Waals surface area contributed by atoms with Gasteiger partial charge in [-0.05, 0) is 36.4 Å². The molecule has 0 aliphatic rings. The Labute approximate surface area is 271 Å². The van der Waals surface area contributed by atoms with E-state index in [0.29, 0.717) is 0 Å². The van der Waals surface area contributed by atoms with Crippen molar-refractivity contribution in [2.75, 3.05) is 0 Å². The molecule has 200 valence electrons. The summed E-state index contributed by atoms with van der Waals surface area (Å²) in [6.45, 7) is 4.31. The molecule has 8 rings (SSSR count). The van der Waals surface area contributed by atoms with Gasteiger partial charge in [0, 0.05) is 22.4 Å². The topological polar surface area (TPSA) is 9.86 Å². The van der Waals surface area contributed by atoms with Crippen LogP contribution in [-0.4, -0.2) is 9.13 Å². The third-order valence-electron chi connectivity index (χ3n) is 7.41. The summed E-state index contributed by atoms with van der Waals surface area (Å²) in [5.74, 6) is 0. The summed E-state index contributed by atoms with van der Waals surface area (Å²) in [5, 5.41) is 5.35. The average Bonchev–Trinajstić information content (AvgIpc) is 3.67. The molecule has 0 radical (unpaired) electrons. The maximum atomic E-state index is 2.34. The standard InChI is InChI=1S/2C18H14N.2ClH.Zr/c2*1-13-11-16-15-9-5-6-10-17(15)19(18(16)12-13)14-7-3-2-4-8-14;;;/h2*2-12H,1H3;2*1H;/q2*-1;;;+4/p-2. The van der Waals surface area contributed by atoms with Crippen LogP contribution in [0.1, 0.15) is 11.1 Å². The average molecular weight is 651 g/mol. The Morgan fingerprint density at radius 1 is 0.439 bits per heavy atom. The summed E-state index contributed by atoms with van der Waals surface area (Å²) in [4.78, 5) is 0. The van der Waals surface area contributed by atoms with Gasteiger partial charge in [0.15, 0.2) is 0 Å². The molecule has 2 nitrogen and oxygen atoms in total. The SMILES string of the molecule is Cc1cc2c([cH-]1)c1ccccc1n2-c1ccccc1.Cc1cc2c([cH-]1)c1ccccc1n2-c1ccccc1.[Cl-].[Cl-].[Zr+4]. The van der Waals surface area contributed by atoms with Gasteiger partial charge in [-0.25, -0.2) is 0 Å². The van der Waals surface area contributed by atoms with Crippen molar-refractivity contribution in [3.63, 3.8) is 0 Å². The maximum absolute atomic E-state index is 2.34. The molecule has 0 atom stereocenters. The summed E-state index contributed by atoms with van der Waals surface area (Å²) < 4.78 is 4.69. The van der Waals surface area contributed by atoms with Gasteiger partial charge in [-0.3, -0.25) is 0 Å². The fourth-order valence-electron chi connectivity index (χ4n) is 5.84. The van der Waals surface area contributed by atoms with Gasteiger partial charge in [0.25, 0.3) is 0 Å². The first-order chi connectivity index (χ1) is 18.7. The Morgan fingerprint density at radius 2 is 0.780 bits per heavy atom. The quantitative estimate of drug-likeness (QED) is 0.253. The molecule has 2 heterocycles. The molecule has 0 fully saturated rings. The number of rotatable bonds is 2. The van der Waals surface area contributed by atoms with E-state index in [4.69, 9.17) is 0 Å².